The van der Waals surface area contributed by atoms with Crippen LogP contribution in [0.3, 0.4) is 0 Å². The second-order valence-electron chi connectivity index (χ2n) is 8.68. The van der Waals surface area contributed by atoms with Crippen LogP contribution in [-0.2, 0) is 22.5 Å². The van der Waals surface area contributed by atoms with Gasteiger partial charge in [0.15, 0.2) is 0 Å². The molecule has 3 rings (SSSR count). The third-order valence-electron chi connectivity index (χ3n) is 5.77. The fourth-order valence-electron chi connectivity index (χ4n) is 3.50. The number of anilines is 1. The van der Waals surface area contributed by atoms with Gasteiger partial charge in [0, 0.05) is 37.8 Å². The highest BCUT2D eigenvalue weighted by molar-refractivity contribution is 5.91. The molecule has 10 heteroatoms. The van der Waals surface area contributed by atoms with Crippen LogP contribution in [-0.4, -0.2) is 39.0 Å². The van der Waals surface area contributed by atoms with Gasteiger partial charge in [-0.3, -0.25) is 9.79 Å². The van der Waals surface area contributed by atoms with Gasteiger partial charge in [0.05, 0.1) is 12.8 Å². The Morgan fingerprint density at radius 2 is 1.69 bits per heavy atom. The van der Waals surface area contributed by atoms with Gasteiger partial charge in [0.25, 0.3) is 5.90 Å². The van der Waals surface area contributed by atoms with E-state index in [0.29, 0.717) is 6.54 Å². The van der Waals surface area contributed by atoms with Gasteiger partial charge in [-0.2, -0.15) is 8.78 Å². The van der Waals surface area contributed by atoms with Crippen molar-refractivity contribution in [1.82, 2.24) is 0 Å². The molecule has 0 N–H and O–H groups in total. The number of amides is 1. The fourth-order valence-corrected chi connectivity index (χ4v) is 3.50. The smallest absolute Gasteiger partial charge is 0.312 e. The summed E-state index contributed by atoms with van der Waals surface area (Å²) in [5.41, 5.74) is 3.07. The number of carbonyl (C=O) groups excluding carboxylic acids is 1. The molecule has 0 radical (unpaired) electrons. The second-order valence-corrected chi connectivity index (χ2v) is 8.68. The Bertz CT molecular complexity index is 1360. The Balaban J connectivity index is 0.000000385. The molecule has 1 heterocycles. The molecule has 0 fully saturated rings. The molecule has 6 nitrogen and oxygen atoms in total. The first-order chi connectivity index (χ1) is 19.9. The van der Waals surface area contributed by atoms with Crippen LogP contribution >= 0.6 is 0 Å². The number of hydrogen-bond acceptors (Lipinski definition) is 5. The van der Waals surface area contributed by atoms with Crippen LogP contribution in [0.4, 0.5) is 23.2 Å². The van der Waals surface area contributed by atoms with Crippen molar-refractivity contribution in [1.29, 1.82) is 0 Å². The van der Waals surface area contributed by atoms with E-state index in [1.807, 2.05) is 43.3 Å². The predicted molar refractivity (Wildman–Crippen MR) is 162 cm³/mol. The summed E-state index contributed by atoms with van der Waals surface area (Å²) in [7, 11) is 2.76. The second kappa shape index (κ2) is 18.1. The molecular weight excluding hydrogens is 550 g/mol. The van der Waals surface area contributed by atoms with Gasteiger partial charge < -0.3 is 19.0 Å². The minimum absolute atomic E-state index is 0.00307. The van der Waals surface area contributed by atoms with E-state index in [9.17, 15) is 22.4 Å². The van der Waals surface area contributed by atoms with Crippen LogP contribution in [0.15, 0.2) is 81.9 Å². The van der Waals surface area contributed by atoms with E-state index in [-0.39, 0.29) is 29.2 Å². The highest BCUT2D eigenvalue weighted by atomic mass is 19.3. The Morgan fingerprint density at radius 3 is 2.14 bits per heavy atom. The number of benzene rings is 2. The molecule has 0 aliphatic heterocycles. The molecule has 0 spiro atoms. The number of furan rings is 1. The minimum Gasteiger partial charge on any atom is -0.467 e. The molecule has 0 saturated carbocycles. The van der Waals surface area contributed by atoms with Crippen molar-refractivity contribution in [2.45, 2.75) is 47.1 Å². The van der Waals surface area contributed by atoms with Crippen molar-refractivity contribution >= 4 is 35.5 Å². The van der Waals surface area contributed by atoms with Gasteiger partial charge in [0.1, 0.15) is 23.2 Å². The molecule has 1 aromatic heterocycles. The molecule has 0 aliphatic carbocycles. The van der Waals surface area contributed by atoms with Crippen molar-refractivity contribution in [2.24, 2.45) is 9.98 Å². The molecular formula is C32H37F4N3O3. The predicted octanol–water partition coefficient (Wildman–Crippen LogP) is 8.38. The van der Waals surface area contributed by atoms with E-state index in [0.717, 1.165) is 36.2 Å². The first-order valence-corrected chi connectivity index (χ1v) is 12.9. The maximum absolute atomic E-state index is 13.5. The summed E-state index contributed by atoms with van der Waals surface area (Å²) < 4.78 is 61.9. The molecule has 0 saturated heterocycles. The fraction of sp³-hybridized carbons (Fsp3) is 0.281. The maximum atomic E-state index is 13.5. The van der Waals surface area contributed by atoms with Crippen molar-refractivity contribution in [2.75, 3.05) is 19.0 Å². The molecule has 1 amide bonds. The molecule has 2 aromatic carbocycles. The van der Waals surface area contributed by atoms with Crippen LogP contribution in [0.5, 0.6) is 0 Å². The standard InChI is InChI=1S/C17H19NO2.C13H13F4NO.C2H5N/c1-4-13(2)15-7-5-8-16(11-15)18(14(3)19)12-17-9-6-10-20-17;1-4-9-10(14)5-8(6-11(9)15)7(2)19-13(18-3)12(16)17;1-3-2/h4-11H,12H2,1-3H3;5-6,12H,2,4H2,1,3H3;1H2,2H3/b13-4+;;. The van der Waals surface area contributed by atoms with Crippen LogP contribution in [0.2, 0.25) is 0 Å². The minimum atomic E-state index is -2.92. The van der Waals surface area contributed by atoms with E-state index in [2.05, 4.69) is 36.3 Å². The molecule has 226 valence electrons. The quantitative estimate of drug-likeness (QED) is 0.115. The Hall–Kier alpha value is -4.47. The van der Waals surface area contributed by atoms with Crippen LogP contribution < -0.4 is 4.90 Å². The largest absolute Gasteiger partial charge is 0.467 e. The van der Waals surface area contributed by atoms with Gasteiger partial charge in [0.2, 0.25) is 5.91 Å². The van der Waals surface area contributed by atoms with Crippen LogP contribution in [0, 0.1) is 11.6 Å². The zero-order valence-electron chi connectivity index (χ0n) is 24.8. The zero-order valence-corrected chi connectivity index (χ0v) is 24.8. The van der Waals surface area contributed by atoms with E-state index >= 15 is 0 Å². The van der Waals surface area contributed by atoms with E-state index in [4.69, 9.17) is 9.15 Å². The summed E-state index contributed by atoms with van der Waals surface area (Å²) in [5.74, 6) is -1.92. The SMILES string of the molecule is C/C=C(\C)c1cccc(N(Cc2ccco2)C(C)=O)c1.C=C(OC(=NC)C(F)F)c1cc(F)c(CC)c(F)c1.C=NC. The Kier molecular flexibility index (Phi) is 15.3. The first kappa shape index (κ1) is 35.6. The van der Waals surface area contributed by atoms with Crippen molar-refractivity contribution in [3.8, 4) is 0 Å². The number of aliphatic imine (C=N–C) groups is 2. The monoisotopic (exact) mass is 587 g/mol. The Morgan fingerprint density at radius 1 is 1.07 bits per heavy atom. The van der Waals surface area contributed by atoms with Gasteiger partial charge in [-0.05, 0) is 74.5 Å². The van der Waals surface area contributed by atoms with Gasteiger partial charge in [-0.1, -0.05) is 31.7 Å². The van der Waals surface area contributed by atoms with E-state index < -0.39 is 24.0 Å². The number of rotatable bonds is 8. The molecule has 0 aliphatic rings. The lowest BCUT2D eigenvalue weighted by Crippen LogP contribution is -2.27. The van der Waals surface area contributed by atoms with Gasteiger partial charge in [-0.15, -0.1) is 0 Å². The summed E-state index contributed by atoms with van der Waals surface area (Å²) in [6, 6.07) is 13.7. The van der Waals surface area contributed by atoms with Crippen molar-refractivity contribution in [3.05, 3.63) is 102 Å². The third-order valence-corrected chi connectivity index (χ3v) is 5.77. The number of hydrogen-bond donors (Lipinski definition) is 0. The number of nitrogens with zero attached hydrogens (tertiary/aromatic N) is 3. The number of ether oxygens (including phenoxy) is 1. The van der Waals surface area contributed by atoms with Gasteiger partial charge in [-0.25, -0.2) is 8.78 Å². The lowest BCUT2D eigenvalue weighted by molar-refractivity contribution is -0.116. The summed E-state index contributed by atoms with van der Waals surface area (Å²) in [5, 5.41) is 0. The molecule has 0 unspecified atom stereocenters. The van der Waals surface area contributed by atoms with E-state index in [1.165, 1.54) is 5.57 Å². The normalized spacial score (nSPS) is 11.1. The summed E-state index contributed by atoms with van der Waals surface area (Å²) in [6.07, 6.45) is 0.938. The number of halogens is 4. The average molecular weight is 588 g/mol. The first-order valence-electron chi connectivity index (χ1n) is 12.9. The highest BCUT2D eigenvalue weighted by Crippen LogP contribution is 2.24. The molecule has 3 aromatic rings. The topological polar surface area (TPSA) is 67.4 Å². The maximum Gasteiger partial charge on any atom is 0.312 e. The Labute approximate surface area is 244 Å². The number of carbonyl (C=O) groups is 1. The molecule has 42 heavy (non-hydrogen) atoms. The molecule has 0 bridgehead atoms. The molecule has 0 atom stereocenters. The summed E-state index contributed by atoms with van der Waals surface area (Å²) in [4.78, 5) is 20.1. The summed E-state index contributed by atoms with van der Waals surface area (Å²) in [6.45, 7) is 14.2. The lowest BCUT2D eigenvalue weighted by atomic mass is 10.1. The van der Waals surface area contributed by atoms with Crippen molar-refractivity contribution < 1.29 is 31.5 Å². The lowest BCUT2D eigenvalue weighted by Gasteiger charge is -2.21. The number of alkyl halides is 2. The highest BCUT2D eigenvalue weighted by Gasteiger charge is 2.18. The van der Waals surface area contributed by atoms with Crippen LogP contribution in [0.25, 0.3) is 11.3 Å². The van der Waals surface area contributed by atoms with Crippen molar-refractivity contribution in [3.63, 3.8) is 0 Å². The third kappa shape index (κ3) is 10.8. The van der Waals surface area contributed by atoms with Gasteiger partial charge >= 0.3 is 6.43 Å². The zero-order chi connectivity index (χ0) is 31.8. The average Bonchev–Trinajstić information content (AvgIpc) is 3.48. The van der Waals surface area contributed by atoms with Crippen LogP contribution in [0.1, 0.15) is 50.1 Å². The number of allylic oxidation sites excluding steroid dienone is 2. The summed E-state index contributed by atoms with van der Waals surface area (Å²) >= 11 is 0. The van der Waals surface area contributed by atoms with E-state index in [1.54, 1.807) is 32.1 Å².